The highest BCUT2D eigenvalue weighted by Gasteiger charge is 2.12. The highest BCUT2D eigenvalue weighted by atomic mass is 79.9. The first kappa shape index (κ1) is 14.7. The Morgan fingerprint density at radius 2 is 1.74 bits per heavy atom. The largest absolute Gasteiger partial charge is 0.377 e. The third-order valence-electron chi connectivity index (χ3n) is 3.06. The molecule has 0 saturated carbocycles. The van der Waals surface area contributed by atoms with Gasteiger partial charge in [-0.3, -0.25) is 0 Å². The van der Waals surface area contributed by atoms with Crippen LogP contribution in [0.5, 0.6) is 0 Å². The summed E-state index contributed by atoms with van der Waals surface area (Å²) in [6, 6.07) is 12.3. The number of hydrogen-bond donors (Lipinski definition) is 1. The first-order valence-electron chi connectivity index (χ1n) is 5.96. The molecule has 1 unspecified atom stereocenters. The van der Waals surface area contributed by atoms with Crippen LogP contribution >= 0.6 is 39.1 Å². The van der Waals surface area contributed by atoms with Gasteiger partial charge in [0.05, 0.1) is 15.7 Å². The van der Waals surface area contributed by atoms with E-state index in [-0.39, 0.29) is 6.04 Å². The normalized spacial score (nSPS) is 12.3. The average Bonchev–Trinajstić information content (AvgIpc) is 2.40. The van der Waals surface area contributed by atoms with Crippen LogP contribution in [0.1, 0.15) is 24.1 Å². The van der Waals surface area contributed by atoms with Crippen molar-refractivity contribution in [2.45, 2.75) is 19.9 Å². The molecule has 0 aliphatic carbocycles. The fourth-order valence-electron chi connectivity index (χ4n) is 2.02. The Kier molecular flexibility index (Phi) is 4.77. The predicted molar refractivity (Wildman–Crippen MR) is 87.4 cm³/mol. The van der Waals surface area contributed by atoms with Gasteiger partial charge in [-0.2, -0.15) is 0 Å². The Bertz CT molecular complexity index is 599. The van der Waals surface area contributed by atoms with Crippen molar-refractivity contribution in [2.75, 3.05) is 5.32 Å². The SMILES string of the molecule is Cc1ccccc1C(C)Nc1ccc(Br)c(Cl)c1Cl. The number of nitrogens with one attached hydrogen (secondary N) is 1. The van der Waals surface area contributed by atoms with E-state index in [4.69, 9.17) is 23.2 Å². The molecule has 1 atom stereocenters. The van der Waals surface area contributed by atoms with Gasteiger partial charge in [0.15, 0.2) is 0 Å². The van der Waals surface area contributed by atoms with Gasteiger partial charge in [0, 0.05) is 10.5 Å². The summed E-state index contributed by atoms with van der Waals surface area (Å²) in [5, 5.41) is 4.47. The Balaban J connectivity index is 2.27. The van der Waals surface area contributed by atoms with Gasteiger partial charge in [0.25, 0.3) is 0 Å². The van der Waals surface area contributed by atoms with E-state index in [1.807, 2.05) is 24.3 Å². The van der Waals surface area contributed by atoms with Crippen molar-refractivity contribution in [3.05, 3.63) is 62.0 Å². The lowest BCUT2D eigenvalue weighted by Crippen LogP contribution is -2.08. The summed E-state index contributed by atoms with van der Waals surface area (Å²) in [6.07, 6.45) is 0. The van der Waals surface area contributed by atoms with Gasteiger partial charge in [-0.25, -0.2) is 0 Å². The maximum Gasteiger partial charge on any atom is 0.0835 e. The maximum absolute atomic E-state index is 6.25. The van der Waals surface area contributed by atoms with Crippen LogP contribution in [0.3, 0.4) is 0 Å². The molecule has 0 heterocycles. The van der Waals surface area contributed by atoms with Gasteiger partial charge in [-0.05, 0) is 53.0 Å². The van der Waals surface area contributed by atoms with Crippen molar-refractivity contribution >= 4 is 44.8 Å². The number of benzene rings is 2. The molecular formula is C15H14BrCl2N. The van der Waals surface area contributed by atoms with Crippen LogP contribution in [0.25, 0.3) is 0 Å². The monoisotopic (exact) mass is 357 g/mol. The predicted octanol–water partition coefficient (Wildman–Crippen LogP) is 6.24. The van der Waals surface area contributed by atoms with E-state index >= 15 is 0 Å². The summed E-state index contributed by atoms with van der Waals surface area (Å²) < 4.78 is 0.799. The van der Waals surface area contributed by atoms with E-state index in [1.54, 1.807) is 0 Å². The van der Waals surface area contributed by atoms with E-state index < -0.39 is 0 Å². The Morgan fingerprint density at radius 1 is 1.05 bits per heavy atom. The maximum atomic E-state index is 6.25. The molecule has 0 aliphatic heterocycles. The molecular weight excluding hydrogens is 345 g/mol. The van der Waals surface area contributed by atoms with Gasteiger partial charge < -0.3 is 5.32 Å². The molecule has 4 heteroatoms. The first-order valence-corrected chi connectivity index (χ1v) is 7.51. The number of hydrogen-bond acceptors (Lipinski definition) is 1. The minimum Gasteiger partial charge on any atom is -0.377 e. The Labute approximate surface area is 132 Å². The lowest BCUT2D eigenvalue weighted by molar-refractivity contribution is 0.874. The topological polar surface area (TPSA) is 12.0 Å². The highest BCUT2D eigenvalue weighted by molar-refractivity contribution is 9.10. The van der Waals surface area contributed by atoms with E-state index in [2.05, 4.69) is 47.2 Å². The molecule has 100 valence electrons. The molecule has 1 nitrogen and oxygen atoms in total. The standard InChI is InChI=1S/C15H14BrCl2N/c1-9-5-3-4-6-11(9)10(2)19-13-8-7-12(16)14(17)15(13)18/h3-8,10,19H,1-2H3. The minimum absolute atomic E-state index is 0.163. The van der Waals surface area contributed by atoms with Gasteiger partial charge in [0.2, 0.25) is 0 Å². The van der Waals surface area contributed by atoms with Crippen molar-refractivity contribution in [1.82, 2.24) is 0 Å². The zero-order valence-corrected chi connectivity index (χ0v) is 13.8. The van der Waals surface area contributed by atoms with Crippen LogP contribution in [0.15, 0.2) is 40.9 Å². The molecule has 2 aromatic rings. The van der Waals surface area contributed by atoms with E-state index in [0.717, 1.165) is 10.2 Å². The summed E-state index contributed by atoms with van der Waals surface area (Å²) in [4.78, 5) is 0. The smallest absolute Gasteiger partial charge is 0.0835 e. The molecule has 0 aliphatic rings. The fraction of sp³-hybridized carbons (Fsp3) is 0.200. The molecule has 0 bridgehead atoms. The Morgan fingerprint density at radius 3 is 2.42 bits per heavy atom. The summed E-state index contributed by atoms with van der Waals surface area (Å²) >= 11 is 15.7. The highest BCUT2D eigenvalue weighted by Crippen LogP contribution is 2.37. The second kappa shape index (κ2) is 6.17. The zero-order chi connectivity index (χ0) is 14.0. The van der Waals surface area contributed by atoms with Crippen LogP contribution in [0.4, 0.5) is 5.69 Å². The third kappa shape index (κ3) is 3.25. The minimum atomic E-state index is 0.163. The molecule has 19 heavy (non-hydrogen) atoms. The van der Waals surface area contributed by atoms with Crippen LogP contribution in [0.2, 0.25) is 10.0 Å². The molecule has 0 aromatic heterocycles. The van der Waals surface area contributed by atoms with Gasteiger partial charge in [0.1, 0.15) is 0 Å². The lowest BCUT2D eigenvalue weighted by atomic mass is 10.0. The van der Waals surface area contributed by atoms with Crippen molar-refractivity contribution in [2.24, 2.45) is 0 Å². The molecule has 0 amide bonds. The summed E-state index contributed by atoms with van der Waals surface area (Å²) in [6.45, 7) is 4.21. The molecule has 0 spiro atoms. The molecule has 0 saturated heterocycles. The van der Waals surface area contributed by atoms with Gasteiger partial charge >= 0.3 is 0 Å². The fourth-order valence-corrected chi connectivity index (χ4v) is 2.85. The van der Waals surface area contributed by atoms with Crippen molar-refractivity contribution < 1.29 is 0 Å². The van der Waals surface area contributed by atoms with E-state index in [9.17, 15) is 0 Å². The second-order valence-corrected chi connectivity index (χ2v) is 6.06. The number of halogens is 3. The van der Waals surface area contributed by atoms with Crippen molar-refractivity contribution in [3.8, 4) is 0 Å². The van der Waals surface area contributed by atoms with Crippen molar-refractivity contribution in [1.29, 1.82) is 0 Å². The summed E-state index contributed by atoms with van der Waals surface area (Å²) in [5.41, 5.74) is 3.34. The van der Waals surface area contributed by atoms with Crippen LogP contribution in [-0.4, -0.2) is 0 Å². The quantitative estimate of drug-likeness (QED) is 0.640. The average molecular weight is 359 g/mol. The molecule has 2 aromatic carbocycles. The van der Waals surface area contributed by atoms with Crippen molar-refractivity contribution in [3.63, 3.8) is 0 Å². The van der Waals surface area contributed by atoms with Gasteiger partial charge in [-0.1, -0.05) is 47.5 Å². The summed E-state index contributed by atoms with van der Waals surface area (Å²) in [5.74, 6) is 0. The van der Waals surface area contributed by atoms with E-state index in [1.165, 1.54) is 11.1 Å². The van der Waals surface area contributed by atoms with Crippen LogP contribution in [0, 0.1) is 6.92 Å². The number of aryl methyl sites for hydroxylation is 1. The Hall–Kier alpha value is -0.700. The number of anilines is 1. The lowest BCUT2D eigenvalue weighted by Gasteiger charge is -2.19. The van der Waals surface area contributed by atoms with Gasteiger partial charge in [-0.15, -0.1) is 0 Å². The van der Waals surface area contributed by atoms with Crippen LogP contribution in [-0.2, 0) is 0 Å². The first-order chi connectivity index (χ1) is 9.00. The third-order valence-corrected chi connectivity index (χ3v) is 4.83. The molecule has 2 rings (SSSR count). The number of rotatable bonds is 3. The summed E-state index contributed by atoms with van der Waals surface area (Å²) in [7, 11) is 0. The van der Waals surface area contributed by atoms with Crippen LogP contribution < -0.4 is 5.32 Å². The second-order valence-electron chi connectivity index (χ2n) is 4.45. The van der Waals surface area contributed by atoms with E-state index in [0.29, 0.717) is 10.0 Å². The zero-order valence-electron chi connectivity index (χ0n) is 10.7. The molecule has 0 fully saturated rings. The molecule has 0 radical (unpaired) electrons. The molecule has 1 N–H and O–H groups in total.